The number of benzene rings is 1. The molecule has 2 unspecified atom stereocenters. The Kier molecular flexibility index (Phi) is 1.03. The van der Waals surface area contributed by atoms with Gasteiger partial charge < -0.3 is 4.74 Å². The Morgan fingerprint density at radius 2 is 1.38 bits per heavy atom. The Morgan fingerprint density at radius 1 is 0.923 bits per heavy atom. The van der Waals surface area contributed by atoms with Crippen LogP contribution in [0.5, 0.6) is 0 Å². The fourth-order valence-corrected chi connectivity index (χ4v) is 2.05. The summed E-state index contributed by atoms with van der Waals surface area (Å²) in [6, 6.07) is 7.78. The second-order valence-electron chi connectivity index (χ2n) is 3.57. The zero-order valence-corrected chi connectivity index (χ0v) is 7.03. The average molecular weight is 174 g/mol. The van der Waals surface area contributed by atoms with E-state index >= 15 is 0 Å². The van der Waals surface area contributed by atoms with Gasteiger partial charge in [-0.15, -0.1) is 0 Å². The molecule has 4 N–H and O–H groups in total. The summed E-state index contributed by atoms with van der Waals surface area (Å²) in [5.74, 6) is 0. The first-order valence-corrected chi connectivity index (χ1v) is 4.22. The highest BCUT2D eigenvalue weighted by Gasteiger charge is 2.51. The first-order chi connectivity index (χ1) is 6.14. The molecule has 2 heterocycles. The topological polar surface area (TPSA) is 61.3 Å². The van der Waals surface area contributed by atoms with Crippen molar-refractivity contribution in [1.82, 2.24) is 0 Å². The van der Waals surface area contributed by atoms with Crippen LogP contribution >= 0.6 is 0 Å². The SMILES string of the molecule is NC12C=CC(N)(O1)c1ccccc12. The van der Waals surface area contributed by atoms with Gasteiger partial charge in [0.15, 0.2) is 11.4 Å². The van der Waals surface area contributed by atoms with Crippen LogP contribution in [-0.4, -0.2) is 0 Å². The maximum absolute atomic E-state index is 6.01. The van der Waals surface area contributed by atoms with E-state index in [4.69, 9.17) is 16.2 Å². The van der Waals surface area contributed by atoms with Crippen LogP contribution in [0.15, 0.2) is 36.4 Å². The van der Waals surface area contributed by atoms with Crippen molar-refractivity contribution in [2.24, 2.45) is 11.5 Å². The zero-order valence-electron chi connectivity index (χ0n) is 7.03. The molecule has 13 heavy (non-hydrogen) atoms. The van der Waals surface area contributed by atoms with Crippen LogP contribution in [0.2, 0.25) is 0 Å². The third-order valence-electron chi connectivity index (χ3n) is 2.69. The summed E-state index contributed by atoms with van der Waals surface area (Å²) in [7, 11) is 0. The second-order valence-corrected chi connectivity index (χ2v) is 3.57. The number of fused-ring (bicyclic) bond motifs is 5. The molecule has 0 saturated carbocycles. The van der Waals surface area contributed by atoms with Crippen molar-refractivity contribution < 1.29 is 4.74 Å². The minimum Gasteiger partial charge on any atom is -0.324 e. The maximum Gasteiger partial charge on any atom is 0.165 e. The number of hydrogen-bond donors (Lipinski definition) is 2. The van der Waals surface area contributed by atoms with Gasteiger partial charge in [0.1, 0.15) is 0 Å². The van der Waals surface area contributed by atoms with Gasteiger partial charge in [0.25, 0.3) is 0 Å². The Balaban J connectivity index is 2.35. The molecule has 0 amide bonds. The Hall–Kier alpha value is -1.16. The third kappa shape index (κ3) is 0.698. The lowest BCUT2D eigenvalue weighted by Gasteiger charge is -2.17. The summed E-state index contributed by atoms with van der Waals surface area (Å²) in [6.45, 7) is 0. The first kappa shape index (κ1) is 7.26. The van der Waals surface area contributed by atoms with Gasteiger partial charge in [-0.25, -0.2) is 0 Å². The van der Waals surface area contributed by atoms with Gasteiger partial charge in [-0.2, -0.15) is 0 Å². The van der Waals surface area contributed by atoms with E-state index in [1.54, 1.807) is 0 Å². The van der Waals surface area contributed by atoms with Crippen molar-refractivity contribution in [3.8, 4) is 0 Å². The monoisotopic (exact) mass is 174 g/mol. The van der Waals surface area contributed by atoms with Crippen molar-refractivity contribution in [2.75, 3.05) is 0 Å². The molecule has 0 aliphatic carbocycles. The number of ether oxygens (including phenoxy) is 1. The maximum atomic E-state index is 6.01. The van der Waals surface area contributed by atoms with Crippen LogP contribution in [0.3, 0.4) is 0 Å². The lowest BCUT2D eigenvalue weighted by molar-refractivity contribution is -0.0638. The minimum atomic E-state index is -0.800. The van der Waals surface area contributed by atoms with E-state index in [1.807, 2.05) is 36.4 Å². The quantitative estimate of drug-likeness (QED) is 0.563. The molecule has 2 aliphatic rings. The van der Waals surface area contributed by atoms with Crippen molar-refractivity contribution in [2.45, 2.75) is 11.4 Å². The van der Waals surface area contributed by atoms with Gasteiger partial charge in [-0.05, 0) is 12.2 Å². The van der Waals surface area contributed by atoms with Crippen LogP contribution < -0.4 is 11.5 Å². The highest BCUT2D eigenvalue weighted by molar-refractivity contribution is 5.49. The predicted octanol–water partition coefficient (Wildman–Crippen LogP) is 0.510. The summed E-state index contributed by atoms with van der Waals surface area (Å²) >= 11 is 0. The molecule has 1 aromatic rings. The summed E-state index contributed by atoms with van der Waals surface area (Å²) in [6.07, 6.45) is 3.63. The molecule has 2 aliphatic heterocycles. The predicted molar refractivity (Wildman–Crippen MR) is 48.4 cm³/mol. The summed E-state index contributed by atoms with van der Waals surface area (Å²) in [4.78, 5) is 0. The molecular weight excluding hydrogens is 164 g/mol. The van der Waals surface area contributed by atoms with E-state index in [1.165, 1.54) is 0 Å². The number of hydrogen-bond acceptors (Lipinski definition) is 3. The fraction of sp³-hybridized carbons (Fsp3) is 0.200. The van der Waals surface area contributed by atoms with E-state index in [0.29, 0.717) is 0 Å². The molecule has 1 aromatic carbocycles. The zero-order chi connectivity index (χ0) is 9.10. The molecule has 0 saturated heterocycles. The summed E-state index contributed by atoms with van der Waals surface area (Å²) in [5.41, 5.74) is 12.4. The van der Waals surface area contributed by atoms with Gasteiger partial charge >= 0.3 is 0 Å². The largest absolute Gasteiger partial charge is 0.324 e. The highest BCUT2D eigenvalue weighted by atomic mass is 16.6. The van der Waals surface area contributed by atoms with E-state index in [0.717, 1.165) is 11.1 Å². The van der Waals surface area contributed by atoms with Gasteiger partial charge in [0, 0.05) is 11.1 Å². The van der Waals surface area contributed by atoms with Crippen LogP contribution in [0.4, 0.5) is 0 Å². The van der Waals surface area contributed by atoms with Crippen LogP contribution in [0.1, 0.15) is 11.1 Å². The Bertz CT molecular complexity index is 378. The third-order valence-corrected chi connectivity index (χ3v) is 2.69. The molecule has 0 spiro atoms. The minimum absolute atomic E-state index is 0.800. The van der Waals surface area contributed by atoms with E-state index in [2.05, 4.69) is 0 Å². The highest BCUT2D eigenvalue weighted by Crippen LogP contribution is 2.47. The smallest absolute Gasteiger partial charge is 0.165 e. The van der Waals surface area contributed by atoms with Crippen LogP contribution in [0, 0.1) is 0 Å². The number of nitrogens with two attached hydrogens (primary N) is 2. The van der Waals surface area contributed by atoms with Crippen LogP contribution in [-0.2, 0) is 16.2 Å². The van der Waals surface area contributed by atoms with Crippen molar-refractivity contribution in [1.29, 1.82) is 0 Å². The van der Waals surface area contributed by atoms with Gasteiger partial charge in [0.05, 0.1) is 0 Å². The Morgan fingerprint density at radius 3 is 1.85 bits per heavy atom. The molecule has 2 atom stereocenters. The molecule has 3 rings (SSSR count). The van der Waals surface area contributed by atoms with E-state index in [9.17, 15) is 0 Å². The first-order valence-electron chi connectivity index (χ1n) is 4.22. The average Bonchev–Trinajstić information content (AvgIpc) is 2.55. The molecule has 0 fully saturated rings. The van der Waals surface area contributed by atoms with Crippen molar-refractivity contribution in [3.63, 3.8) is 0 Å². The second kappa shape index (κ2) is 1.85. The lowest BCUT2D eigenvalue weighted by Crippen LogP contribution is -2.36. The summed E-state index contributed by atoms with van der Waals surface area (Å²) < 4.78 is 5.56. The van der Waals surface area contributed by atoms with Crippen molar-refractivity contribution in [3.05, 3.63) is 47.5 Å². The van der Waals surface area contributed by atoms with E-state index in [-0.39, 0.29) is 0 Å². The van der Waals surface area contributed by atoms with E-state index < -0.39 is 11.4 Å². The van der Waals surface area contributed by atoms with Gasteiger partial charge in [-0.3, -0.25) is 11.5 Å². The van der Waals surface area contributed by atoms with Gasteiger partial charge in [0.2, 0.25) is 0 Å². The summed E-state index contributed by atoms with van der Waals surface area (Å²) in [5, 5.41) is 0. The fourth-order valence-electron chi connectivity index (χ4n) is 2.05. The molecule has 0 radical (unpaired) electrons. The lowest BCUT2D eigenvalue weighted by atomic mass is 9.91. The molecule has 3 nitrogen and oxygen atoms in total. The van der Waals surface area contributed by atoms with Gasteiger partial charge in [-0.1, -0.05) is 24.3 Å². The standard InChI is InChI=1S/C10H10N2O/c11-9-5-6-10(12,13-9)8-4-2-1-3-7(8)9/h1-6H,11-12H2. The molecule has 0 aromatic heterocycles. The molecule has 3 heteroatoms. The number of rotatable bonds is 0. The molecule has 2 bridgehead atoms. The molecular formula is C10H10N2O. The normalized spacial score (nSPS) is 39.5. The van der Waals surface area contributed by atoms with Crippen molar-refractivity contribution >= 4 is 0 Å². The van der Waals surface area contributed by atoms with Crippen LogP contribution in [0.25, 0.3) is 0 Å². The Labute approximate surface area is 76.0 Å². The molecule has 66 valence electrons.